The summed E-state index contributed by atoms with van der Waals surface area (Å²) >= 11 is 0. The summed E-state index contributed by atoms with van der Waals surface area (Å²) in [7, 11) is 1.57. The number of nitrogens with zero attached hydrogens (tertiary/aromatic N) is 1. The SMILES string of the molecule is CC(CN(C)C(=O)CCCOc1ccccc1F)C(=O)O. The Hall–Kier alpha value is -2.11. The van der Waals surface area contributed by atoms with E-state index in [-0.39, 0.29) is 31.2 Å². The van der Waals surface area contributed by atoms with Crippen molar-refractivity contribution in [3.63, 3.8) is 0 Å². The van der Waals surface area contributed by atoms with Gasteiger partial charge < -0.3 is 14.7 Å². The van der Waals surface area contributed by atoms with Gasteiger partial charge in [-0.3, -0.25) is 9.59 Å². The third-order valence-electron chi connectivity index (χ3n) is 3.02. The van der Waals surface area contributed by atoms with Crippen LogP contribution in [0.5, 0.6) is 5.75 Å². The van der Waals surface area contributed by atoms with E-state index in [4.69, 9.17) is 9.84 Å². The lowest BCUT2D eigenvalue weighted by atomic mass is 10.1. The van der Waals surface area contributed by atoms with Crippen molar-refractivity contribution in [2.45, 2.75) is 19.8 Å². The molecular formula is C15H20FNO4. The number of amides is 1. The second-order valence-corrected chi connectivity index (χ2v) is 4.90. The molecule has 1 unspecified atom stereocenters. The molecule has 0 fully saturated rings. The number of hydrogen-bond acceptors (Lipinski definition) is 3. The molecule has 1 N–H and O–H groups in total. The Bertz CT molecular complexity index is 492. The van der Waals surface area contributed by atoms with Gasteiger partial charge in [-0.25, -0.2) is 4.39 Å². The van der Waals surface area contributed by atoms with Crippen LogP contribution in [0.1, 0.15) is 19.8 Å². The number of benzene rings is 1. The number of carboxylic acids is 1. The summed E-state index contributed by atoms with van der Waals surface area (Å²) in [5, 5.41) is 8.79. The van der Waals surface area contributed by atoms with Crippen LogP contribution >= 0.6 is 0 Å². The maximum atomic E-state index is 13.3. The van der Waals surface area contributed by atoms with Gasteiger partial charge in [0.25, 0.3) is 0 Å². The first-order valence-corrected chi connectivity index (χ1v) is 6.76. The molecule has 0 aromatic heterocycles. The molecule has 0 saturated carbocycles. The normalized spacial score (nSPS) is 11.8. The number of para-hydroxylation sites is 1. The molecule has 0 bridgehead atoms. The summed E-state index contributed by atoms with van der Waals surface area (Å²) < 4.78 is 18.5. The number of rotatable bonds is 8. The van der Waals surface area contributed by atoms with Gasteiger partial charge >= 0.3 is 5.97 Å². The number of hydrogen-bond donors (Lipinski definition) is 1. The zero-order valence-corrected chi connectivity index (χ0v) is 12.2. The van der Waals surface area contributed by atoms with Crippen molar-refractivity contribution in [1.82, 2.24) is 4.90 Å². The molecule has 1 aromatic rings. The average molecular weight is 297 g/mol. The van der Waals surface area contributed by atoms with E-state index in [1.54, 1.807) is 26.1 Å². The molecular weight excluding hydrogens is 277 g/mol. The molecule has 0 radical (unpaired) electrons. The van der Waals surface area contributed by atoms with Crippen LogP contribution in [0.4, 0.5) is 4.39 Å². The summed E-state index contributed by atoms with van der Waals surface area (Å²) in [6, 6.07) is 6.08. The fraction of sp³-hybridized carbons (Fsp3) is 0.467. The largest absolute Gasteiger partial charge is 0.491 e. The van der Waals surface area contributed by atoms with Crippen LogP contribution < -0.4 is 4.74 Å². The molecule has 116 valence electrons. The predicted octanol–water partition coefficient (Wildman–Crippen LogP) is 2.16. The minimum atomic E-state index is -0.933. The van der Waals surface area contributed by atoms with Crippen LogP contribution in [0.25, 0.3) is 0 Å². The van der Waals surface area contributed by atoms with Crippen molar-refractivity contribution in [3.8, 4) is 5.75 Å². The third-order valence-corrected chi connectivity index (χ3v) is 3.02. The summed E-state index contributed by atoms with van der Waals surface area (Å²) in [6.07, 6.45) is 0.677. The third kappa shape index (κ3) is 5.81. The molecule has 5 nitrogen and oxygen atoms in total. The van der Waals surface area contributed by atoms with E-state index < -0.39 is 17.7 Å². The number of aliphatic carboxylic acids is 1. The molecule has 0 aliphatic carbocycles. The highest BCUT2D eigenvalue weighted by Crippen LogP contribution is 2.15. The zero-order chi connectivity index (χ0) is 15.8. The predicted molar refractivity (Wildman–Crippen MR) is 75.6 cm³/mol. The van der Waals surface area contributed by atoms with Gasteiger partial charge in [0.15, 0.2) is 11.6 Å². The minimum absolute atomic E-state index is 0.153. The number of ether oxygens (including phenoxy) is 1. The molecule has 1 atom stereocenters. The Morgan fingerprint density at radius 2 is 2.05 bits per heavy atom. The molecule has 0 aliphatic rings. The van der Waals surface area contributed by atoms with E-state index in [9.17, 15) is 14.0 Å². The lowest BCUT2D eigenvalue weighted by molar-refractivity contribution is -0.142. The molecule has 1 aromatic carbocycles. The van der Waals surface area contributed by atoms with Crippen molar-refractivity contribution in [3.05, 3.63) is 30.1 Å². The van der Waals surface area contributed by atoms with Gasteiger partial charge in [0, 0.05) is 20.0 Å². The van der Waals surface area contributed by atoms with Gasteiger partial charge in [0.05, 0.1) is 12.5 Å². The smallest absolute Gasteiger partial charge is 0.308 e. The van der Waals surface area contributed by atoms with Crippen LogP contribution in [0.3, 0.4) is 0 Å². The van der Waals surface area contributed by atoms with E-state index in [0.717, 1.165) is 0 Å². The van der Waals surface area contributed by atoms with Gasteiger partial charge in [-0.05, 0) is 18.6 Å². The number of carbonyl (C=O) groups excluding carboxylic acids is 1. The molecule has 21 heavy (non-hydrogen) atoms. The van der Waals surface area contributed by atoms with Crippen molar-refractivity contribution < 1.29 is 23.8 Å². The van der Waals surface area contributed by atoms with Crippen molar-refractivity contribution in [2.75, 3.05) is 20.2 Å². The van der Waals surface area contributed by atoms with E-state index in [2.05, 4.69) is 0 Å². The summed E-state index contributed by atoms with van der Waals surface area (Å²) in [5.41, 5.74) is 0. The summed E-state index contributed by atoms with van der Waals surface area (Å²) in [5.74, 6) is -1.96. The second-order valence-electron chi connectivity index (χ2n) is 4.90. The summed E-state index contributed by atoms with van der Waals surface area (Å²) in [4.78, 5) is 23.9. The van der Waals surface area contributed by atoms with Crippen LogP contribution in [0, 0.1) is 11.7 Å². The number of halogens is 1. The van der Waals surface area contributed by atoms with E-state index in [1.807, 2.05) is 0 Å². The molecule has 1 rings (SSSR count). The fourth-order valence-electron chi connectivity index (χ4n) is 1.75. The average Bonchev–Trinajstić information content (AvgIpc) is 2.44. The van der Waals surface area contributed by atoms with Crippen LogP contribution in [0.2, 0.25) is 0 Å². The fourth-order valence-corrected chi connectivity index (χ4v) is 1.75. The molecule has 6 heteroatoms. The Labute approximate surface area is 123 Å². The first kappa shape index (κ1) is 16.9. The minimum Gasteiger partial charge on any atom is -0.491 e. The Balaban J connectivity index is 2.27. The topological polar surface area (TPSA) is 66.8 Å². The molecule has 0 saturated heterocycles. The standard InChI is InChI=1S/C15H20FNO4/c1-11(15(19)20)10-17(2)14(18)8-5-9-21-13-7-4-3-6-12(13)16/h3-4,6-7,11H,5,8-10H2,1-2H3,(H,19,20). The van der Waals surface area contributed by atoms with E-state index in [0.29, 0.717) is 6.42 Å². The first-order chi connectivity index (χ1) is 9.91. The van der Waals surface area contributed by atoms with Crippen LogP contribution in [-0.4, -0.2) is 42.1 Å². The van der Waals surface area contributed by atoms with Gasteiger partial charge in [-0.2, -0.15) is 0 Å². The van der Waals surface area contributed by atoms with Gasteiger partial charge in [-0.1, -0.05) is 19.1 Å². The van der Waals surface area contributed by atoms with E-state index in [1.165, 1.54) is 17.0 Å². The maximum absolute atomic E-state index is 13.3. The lowest BCUT2D eigenvalue weighted by Crippen LogP contribution is -2.33. The summed E-state index contributed by atoms with van der Waals surface area (Å²) in [6.45, 7) is 1.95. The second kappa shape index (κ2) is 8.24. The van der Waals surface area contributed by atoms with E-state index >= 15 is 0 Å². The number of carboxylic acid groups (broad SMARTS) is 1. The zero-order valence-electron chi connectivity index (χ0n) is 12.2. The van der Waals surface area contributed by atoms with Gasteiger partial charge in [-0.15, -0.1) is 0 Å². The molecule has 1 amide bonds. The first-order valence-electron chi connectivity index (χ1n) is 6.76. The van der Waals surface area contributed by atoms with Crippen LogP contribution in [-0.2, 0) is 9.59 Å². The highest BCUT2D eigenvalue weighted by Gasteiger charge is 2.17. The molecule has 0 spiro atoms. The lowest BCUT2D eigenvalue weighted by Gasteiger charge is -2.19. The van der Waals surface area contributed by atoms with Crippen LogP contribution in [0.15, 0.2) is 24.3 Å². The Morgan fingerprint density at radius 3 is 2.67 bits per heavy atom. The highest BCUT2D eigenvalue weighted by atomic mass is 19.1. The number of carbonyl (C=O) groups is 2. The quantitative estimate of drug-likeness (QED) is 0.747. The highest BCUT2D eigenvalue weighted by molar-refractivity contribution is 5.77. The Morgan fingerprint density at radius 1 is 1.38 bits per heavy atom. The van der Waals surface area contributed by atoms with Crippen molar-refractivity contribution in [1.29, 1.82) is 0 Å². The molecule has 0 aliphatic heterocycles. The monoisotopic (exact) mass is 297 g/mol. The van der Waals surface area contributed by atoms with Gasteiger partial charge in [0.1, 0.15) is 0 Å². The van der Waals surface area contributed by atoms with Crippen molar-refractivity contribution >= 4 is 11.9 Å². The van der Waals surface area contributed by atoms with Crippen molar-refractivity contribution in [2.24, 2.45) is 5.92 Å². The Kier molecular flexibility index (Phi) is 6.65. The van der Waals surface area contributed by atoms with Gasteiger partial charge in [0.2, 0.25) is 5.91 Å². The maximum Gasteiger partial charge on any atom is 0.308 e. The molecule has 0 heterocycles.